The number of aliphatic hydroxyl groups is 1. The topological polar surface area (TPSA) is 33.1 Å². The van der Waals surface area contributed by atoms with E-state index in [1.807, 2.05) is 0 Å². The highest BCUT2D eigenvalue weighted by Gasteiger charge is 2.30. The normalized spacial score (nSPS) is 12.6. The molecular formula is C12H5F6NO. The third-order valence-electron chi connectivity index (χ3n) is 2.56. The van der Waals surface area contributed by atoms with E-state index in [1.54, 1.807) is 0 Å². The highest BCUT2D eigenvalue weighted by molar-refractivity contribution is 5.32. The van der Waals surface area contributed by atoms with E-state index in [9.17, 15) is 31.4 Å². The molecule has 1 aromatic carbocycles. The minimum Gasteiger partial charge on any atom is -0.383 e. The van der Waals surface area contributed by atoms with Crippen molar-refractivity contribution in [3.8, 4) is 0 Å². The van der Waals surface area contributed by atoms with E-state index in [1.165, 1.54) is 0 Å². The Morgan fingerprint density at radius 3 is 1.80 bits per heavy atom. The smallest absolute Gasteiger partial charge is 0.200 e. The van der Waals surface area contributed by atoms with Gasteiger partial charge in [0.25, 0.3) is 0 Å². The first kappa shape index (κ1) is 14.3. The van der Waals surface area contributed by atoms with Crippen molar-refractivity contribution in [2.45, 2.75) is 6.10 Å². The fraction of sp³-hybridized carbons (Fsp3) is 0.0833. The molecule has 0 amide bonds. The Morgan fingerprint density at radius 1 is 0.800 bits per heavy atom. The van der Waals surface area contributed by atoms with Crippen molar-refractivity contribution in [2.75, 3.05) is 0 Å². The maximum Gasteiger partial charge on any atom is 0.200 e. The van der Waals surface area contributed by atoms with Gasteiger partial charge in [0.05, 0.1) is 11.8 Å². The van der Waals surface area contributed by atoms with E-state index in [2.05, 4.69) is 4.98 Å². The van der Waals surface area contributed by atoms with Crippen LogP contribution < -0.4 is 0 Å². The highest BCUT2D eigenvalue weighted by atomic mass is 19.2. The first-order chi connectivity index (χ1) is 9.34. The maximum atomic E-state index is 13.4. The van der Waals surface area contributed by atoms with Crippen LogP contribution in [0, 0.1) is 34.9 Å². The van der Waals surface area contributed by atoms with Crippen LogP contribution in [0.1, 0.15) is 17.2 Å². The molecule has 0 saturated carbocycles. The van der Waals surface area contributed by atoms with E-state index < -0.39 is 52.1 Å². The predicted molar refractivity (Wildman–Crippen MR) is 54.5 cm³/mol. The molecule has 1 heterocycles. The van der Waals surface area contributed by atoms with Crippen molar-refractivity contribution in [1.29, 1.82) is 0 Å². The van der Waals surface area contributed by atoms with Crippen molar-refractivity contribution < 1.29 is 31.4 Å². The second-order valence-electron chi connectivity index (χ2n) is 3.82. The summed E-state index contributed by atoms with van der Waals surface area (Å²) in [4.78, 5) is 3.31. The molecule has 20 heavy (non-hydrogen) atoms. The van der Waals surface area contributed by atoms with Crippen LogP contribution in [0.4, 0.5) is 26.3 Å². The number of rotatable bonds is 2. The molecule has 0 radical (unpaired) electrons. The van der Waals surface area contributed by atoms with Gasteiger partial charge in [-0.1, -0.05) is 0 Å². The summed E-state index contributed by atoms with van der Waals surface area (Å²) in [6.07, 6.45) is -0.664. The molecule has 0 bridgehead atoms. The minimum atomic E-state index is -2.34. The highest BCUT2D eigenvalue weighted by Crippen LogP contribution is 2.31. The van der Waals surface area contributed by atoms with Crippen LogP contribution in [0.15, 0.2) is 18.5 Å². The third-order valence-corrected chi connectivity index (χ3v) is 2.56. The van der Waals surface area contributed by atoms with Crippen LogP contribution in [0.3, 0.4) is 0 Å². The summed E-state index contributed by atoms with van der Waals surface area (Å²) in [7, 11) is 0. The van der Waals surface area contributed by atoms with Gasteiger partial charge in [-0.3, -0.25) is 4.98 Å². The summed E-state index contributed by atoms with van der Waals surface area (Å²) >= 11 is 0. The summed E-state index contributed by atoms with van der Waals surface area (Å²) in [6, 6.07) is 0.662. The molecule has 0 aliphatic rings. The van der Waals surface area contributed by atoms with Crippen LogP contribution in [0.5, 0.6) is 0 Å². The Labute approximate surface area is 108 Å². The summed E-state index contributed by atoms with van der Waals surface area (Å²) in [5, 5.41) is 9.68. The van der Waals surface area contributed by atoms with Crippen LogP contribution in [0.25, 0.3) is 0 Å². The van der Waals surface area contributed by atoms with Crippen LogP contribution in [0.2, 0.25) is 0 Å². The molecule has 0 saturated heterocycles. The zero-order valence-corrected chi connectivity index (χ0v) is 9.47. The molecule has 1 N–H and O–H groups in total. The SMILES string of the molecule is OC(c1cncc(F)c1)c1c(F)c(F)c(F)c(F)c1F. The molecule has 2 nitrogen and oxygen atoms in total. The molecule has 0 spiro atoms. The molecule has 106 valence electrons. The predicted octanol–water partition coefficient (Wildman–Crippen LogP) is 3.00. The van der Waals surface area contributed by atoms with Gasteiger partial charge >= 0.3 is 0 Å². The lowest BCUT2D eigenvalue weighted by Crippen LogP contribution is -2.12. The summed E-state index contributed by atoms with van der Waals surface area (Å²) in [5.74, 6) is -12.0. The fourth-order valence-electron chi connectivity index (χ4n) is 1.61. The van der Waals surface area contributed by atoms with Gasteiger partial charge in [0, 0.05) is 11.8 Å². The Bertz CT molecular complexity index is 646. The summed E-state index contributed by atoms with van der Waals surface area (Å²) in [5.41, 5.74) is -1.91. The fourth-order valence-corrected chi connectivity index (χ4v) is 1.61. The van der Waals surface area contributed by atoms with Crippen LogP contribution >= 0.6 is 0 Å². The van der Waals surface area contributed by atoms with E-state index in [0.29, 0.717) is 6.07 Å². The van der Waals surface area contributed by atoms with E-state index in [4.69, 9.17) is 0 Å². The number of aliphatic hydroxyl groups excluding tert-OH is 1. The zero-order valence-electron chi connectivity index (χ0n) is 9.47. The van der Waals surface area contributed by atoms with Gasteiger partial charge in [0.2, 0.25) is 5.82 Å². The van der Waals surface area contributed by atoms with Gasteiger partial charge in [-0.2, -0.15) is 0 Å². The number of halogens is 6. The van der Waals surface area contributed by atoms with E-state index >= 15 is 0 Å². The van der Waals surface area contributed by atoms with Gasteiger partial charge in [0.15, 0.2) is 23.3 Å². The van der Waals surface area contributed by atoms with E-state index in [-0.39, 0.29) is 0 Å². The standard InChI is InChI=1S/C12H5F6NO/c13-5-1-4(2-19-3-5)12(20)6-7(14)9(16)11(18)10(17)8(6)15/h1-3,12,20H. The maximum absolute atomic E-state index is 13.4. The molecule has 2 rings (SSSR count). The number of benzene rings is 1. The molecule has 0 aliphatic heterocycles. The number of pyridine rings is 1. The van der Waals surface area contributed by atoms with E-state index in [0.717, 1.165) is 12.4 Å². The Morgan fingerprint density at radius 2 is 1.30 bits per heavy atom. The number of nitrogens with zero attached hydrogens (tertiary/aromatic N) is 1. The van der Waals surface area contributed by atoms with Crippen molar-refractivity contribution in [3.63, 3.8) is 0 Å². The van der Waals surface area contributed by atoms with Crippen LogP contribution in [-0.2, 0) is 0 Å². The molecule has 0 aliphatic carbocycles. The Hall–Kier alpha value is -2.09. The van der Waals surface area contributed by atoms with Crippen LogP contribution in [-0.4, -0.2) is 10.1 Å². The number of aromatic nitrogens is 1. The number of hydrogen-bond acceptors (Lipinski definition) is 2. The molecule has 8 heteroatoms. The zero-order chi connectivity index (χ0) is 15.0. The average Bonchev–Trinajstić information content (AvgIpc) is 2.43. The summed E-state index contributed by atoms with van der Waals surface area (Å²) in [6.45, 7) is 0. The van der Waals surface area contributed by atoms with Gasteiger partial charge < -0.3 is 5.11 Å². The Balaban J connectivity index is 2.64. The van der Waals surface area contributed by atoms with Gasteiger partial charge in [-0.15, -0.1) is 0 Å². The first-order valence-electron chi connectivity index (χ1n) is 5.14. The molecule has 1 aromatic heterocycles. The monoisotopic (exact) mass is 293 g/mol. The average molecular weight is 293 g/mol. The lowest BCUT2D eigenvalue weighted by molar-refractivity contribution is 0.202. The van der Waals surface area contributed by atoms with Gasteiger partial charge in [-0.05, 0) is 6.07 Å². The molecule has 2 aromatic rings. The second kappa shape index (κ2) is 5.12. The lowest BCUT2D eigenvalue weighted by atomic mass is 10.0. The van der Waals surface area contributed by atoms with Crippen molar-refractivity contribution in [3.05, 3.63) is 64.5 Å². The second-order valence-corrected chi connectivity index (χ2v) is 3.82. The summed E-state index contributed by atoms with van der Waals surface area (Å²) < 4.78 is 78.6. The largest absolute Gasteiger partial charge is 0.383 e. The van der Waals surface area contributed by atoms with Crippen molar-refractivity contribution in [1.82, 2.24) is 4.98 Å². The lowest BCUT2D eigenvalue weighted by Gasteiger charge is -2.14. The minimum absolute atomic E-state index is 0.451. The van der Waals surface area contributed by atoms with Gasteiger partial charge in [-0.25, -0.2) is 26.3 Å². The Kier molecular flexibility index (Phi) is 3.67. The molecule has 1 unspecified atom stereocenters. The quantitative estimate of drug-likeness (QED) is 0.524. The molecule has 0 fully saturated rings. The third kappa shape index (κ3) is 2.22. The first-order valence-corrected chi connectivity index (χ1v) is 5.14. The molecule has 1 atom stereocenters. The van der Waals surface area contributed by atoms with Crippen molar-refractivity contribution in [2.24, 2.45) is 0 Å². The number of hydrogen-bond donors (Lipinski definition) is 1. The van der Waals surface area contributed by atoms with Gasteiger partial charge in [0.1, 0.15) is 11.9 Å². The van der Waals surface area contributed by atoms with Crippen molar-refractivity contribution >= 4 is 0 Å². The molecular weight excluding hydrogens is 288 g/mol.